The number of halogens is 2. The predicted octanol–water partition coefficient (Wildman–Crippen LogP) is 6.06. The average molecular weight is 466 g/mol. The molecule has 0 spiro atoms. The lowest BCUT2D eigenvalue weighted by Gasteiger charge is -2.61. The Morgan fingerprint density at radius 1 is 1.10 bits per heavy atom. The molecule has 0 radical (unpaired) electrons. The third kappa shape index (κ3) is 4.48. The Morgan fingerprint density at radius 2 is 1.77 bits per heavy atom. The maximum atomic E-state index is 10.7. The number of rotatable bonds is 5. The Bertz CT molecular complexity index is 886. The van der Waals surface area contributed by atoms with Gasteiger partial charge in [0.2, 0.25) is 0 Å². The molecule has 3 nitrogen and oxygen atoms in total. The molecule has 3 unspecified atom stereocenters. The van der Waals surface area contributed by atoms with Crippen LogP contribution in [-0.2, 0) is 23.2 Å². The van der Waals surface area contributed by atoms with Crippen molar-refractivity contribution >= 4 is 24.8 Å². The van der Waals surface area contributed by atoms with Gasteiger partial charge in [-0.2, -0.15) is 0 Å². The minimum atomic E-state index is 0. The number of fused-ring (bicyclic) bond motifs is 4. The van der Waals surface area contributed by atoms with Gasteiger partial charge >= 0.3 is 0 Å². The second-order valence-electron chi connectivity index (χ2n) is 9.88. The van der Waals surface area contributed by atoms with Gasteiger partial charge in [0.05, 0.1) is 12.7 Å². The number of benzene rings is 2. The van der Waals surface area contributed by atoms with Crippen LogP contribution in [0.5, 0.6) is 5.75 Å². The molecule has 0 saturated carbocycles. The molecule has 0 aromatic heterocycles. The van der Waals surface area contributed by atoms with Gasteiger partial charge in [0.15, 0.2) is 0 Å². The van der Waals surface area contributed by atoms with Crippen molar-refractivity contribution in [3.05, 3.63) is 64.7 Å². The van der Waals surface area contributed by atoms with Gasteiger partial charge in [-0.25, -0.2) is 0 Å². The van der Waals surface area contributed by atoms with Gasteiger partial charge < -0.3 is 9.84 Å². The molecule has 1 saturated heterocycles. The van der Waals surface area contributed by atoms with Crippen LogP contribution in [-0.4, -0.2) is 35.2 Å². The quantitative estimate of drug-likeness (QED) is 0.581. The van der Waals surface area contributed by atoms with E-state index in [1.807, 2.05) is 12.1 Å². The van der Waals surface area contributed by atoms with Gasteiger partial charge in [-0.15, -0.1) is 24.8 Å². The van der Waals surface area contributed by atoms with E-state index in [-0.39, 0.29) is 41.7 Å². The summed E-state index contributed by atoms with van der Waals surface area (Å²) in [7, 11) is 0. The summed E-state index contributed by atoms with van der Waals surface area (Å²) in [5, 5.41) is 10.7. The molecule has 2 aromatic carbocycles. The molecule has 0 amide bonds. The molecular formula is C26H37Cl2NO2. The van der Waals surface area contributed by atoms with Crippen LogP contribution in [0.1, 0.15) is 56.4 Å². The summed E-state index contributed by atoms with van der Waals surface area (Å²) >= 11 is 0. The van der Waals surface area contributed by atoms with Crippen LogP contribution in [0.4, 0.5) is 0 Å². The van der Waals surface area contributed by atoms with Crippen LogP contribution in [0.3, 0.4) is 0 Å². The van der Waals surface area contributed by atoms with Crippen molar-refractivity contribution in [3.8, 4) is 5.75 Å². The van der Waals surface area contributed by atoms with E-state index < -0.39 is 0 Å². The fourth-order valence-corrected chi connectivity index (χ4v) is 5.84. The molecule has 4 rings (SSSR count). The zero-order valence-electron chi connectivity index (χ0n) is 19.4. The van der Waals surface area contributed by atoms with Crippen molar-refractivity contribution in [3.63, 3.8) is 0 Å². The number of phenols is 1. The molecule has 1 heterocycles. The molecule has 1 aliphatic carbocycles. The lowest BCUT2D eigenvalue weighted by Crippen LogP contribution is -2.64. The Kier molecular flexibility index (Phi) is 8.14. The maximum Gasteiger partial charge on any atom is 0.119 e. The predicted molar refractivity (Wildman–Crippen MR) is 133 cm³/mol. The molecule has 2 aromatic rings. The van der Waals surface area contributed by atoms with Crippen LogP contribution < -0.4 is 0 Å². The Labute approximate surface area is 200 Å². The van der Waals surface area contributed by atoms with E-state index in [4.69, 9.17) is 4.74 Å². The molecule has 172 valence electrons. The minimum Gasteiger partial charge on any atom is -0.508 e. The SMILES string of the molecule is Cc1ccc(O)c2c1C1(C)CCN(CC(C)OCc3ccccc3)C(C2)C1(C)C.Cl.Cl. The second-order valence-corrected chi connectivity index (χ2v) is 9.88. The first-order valence-electron chi connectivity index (χ1n) is 11.0. The van der Waals surface area contributed by atoms with Gasteiger partial charge in [0.1, 0.15) is 5.75 Å². The fraction of sp³-hybridized carbons (Fsp3) is 0.538. The highest BCUT2D eigenvalue weighted by atomic mass is 35.5. The number of nitrogens with zero attached hydrogens (tertiary/aromatic N) is 1. The van der Waals surface area contributed by atoms with Gasteiger partial charge in [0, 0.05) is 18.0 Å². The van der Waals surface area contributed by atoms with E-state index in [2.05, 4.69) is 69.9 Å². The molecular weight excluding hydrogens is 429 g/mol. The number of piperidine rings is 1. The zero-order chi connectivity index (χ0) is 20.8. The average Bonchev–Trinajstić information content (AvgIpc) is 2.68. The van der Waals surface area contributed by atoms with Crippen molar-refractivity contribution in [1.29, 1.82) is 0 Å². The molecule has 31 heavy (non-hydrogen) atoms. The lowest BCUT2D eigenvalue weighted by molar-refractivity contribution is -0.0653. The minimum absolute atomic E-state index is 0. The normalized spacial score (nSPS) is 25.0. The topological polar surface area (TPSA) is 32.7 Å². The summed E-state index contributed by atoms with van der Waals surface area (Å²) in [4.78, 5) is 2.61. The standard InChI is InChI=1S/C26H35NO2.2ClH/c1-18-11-12-22(28)21-15-23-25(3,4)26(5,24(18)21)13-14-27(23)16-19(2)29-17-20-9-7-6-8-10-20;;/h6-12,19,23,28H,13-17H2,1-5H3;2*1H. The molecule has 1 fully saturated rings. The molecule has 1 aliphatic heterocycles. The lowest BCUT2D eigenvalue weighted by atomic mass is 9.50. The highest BCUT2D eigenvalue weighted by Crippen LogP contribution is 2.58. The van der Waals surface area contributed by atoms with Gasteiger partial charge in [0.25, 0.3) is 0 Å². The van der Waals surface area contributed by atoms with Crippen molar-refractivity contribution in [2.24, 2.45) is 5.41 Å². The van der Waals surface area contributed by atoms with Crippen molar-refractivity contribution in [2.75, 3.05) is 13.1 Å². The number of hydrogen-bond donors (Lipinski definition) is 1. The number of likely N-dealkylation sites (tertiary alicyclic amines) is 1. The summed E-state index contributed by atoms with van der Waals surface area (Å²) < 4.78 is 6.18. The molecule has 2 bridgehead atoms. The smallest absolute Gasteiger partial charge is 0.119 e. The number of aryl methyl sites for hydroxylation is 1. The number of hydrogen-bond acceptors (Lipinski definition) is 3. The van der Waals surface area contributed by atoms with Crippen molar-refractivity contribution in [1.82, 2.24) is 4.90 Å². The monoisotopic (exact) mass is 465 g/mol. The van der Waals surface area contributed by atoms with Gasteiger partial charge in [-0.05, 0) is 67.0 Å². The number of aromatic hydroxyl groups is 1. The van der Waals surface area contributed by atoms with Crippen LogP contribution in [0.25, 0.3) is 0 Å². The summed E-state index contributed by atoms with van der Waals surface area (Å²) in [6, 6.07) is 14.8. The van der Waals surface area contributed by atoms with E-state index in [0.29, 0.717) is 18.4 Å². The van der Waals surface area contributed by atoms with Crippen LogP contribution in [0.2, 0.25) is 0 Å². The Balaban J connectivity index is 0.00000171. The van der Waals surface area contributed by atoms with Crippen LogP contribution >= 0.6 is 24.8 Å². The van der Waals surface area contributed by atoms with Gasteiger partial charge in [-0.1, -0.05) is 57.2 Å². The summed E-state index contributed by atoms with van der Waals surface area (Å²) in [6.45, 7) is 14.3. The van der Waals surface area contributed by atoms with E-state index >= 15 is 0 Å². The highest BCUT2D eigenvalue weighted by molar-refractivity contribution is 5.85. The summed E-state index contributed by atoms with van der Waals surface area (Å²) in [5.41, 5.74) is 5.32. The van der Waals surface area contributed by atoms with E-state index in [0.717, 1.165) is 25.9 Å². The molecule has 5 heteroatoms. The summed E-state index contributed by atoms with van der Waals surface area (Å²) in [6.07, 6.45) is 2.19. The van der Waals surface area contributed by atoms with Crippen molar-refractivity contribution in [2.45, 2.75) is 71.6 Å². The molecule has 1 N–H and O–H groups in total. The first kappa shape index (κ1) is 26.0. The largest absolute Gasteiger partial charge is 0.508 e. The first-order chi connectivity index (χ1) is 13.7. The second kappa shape index (κ2) is 9.70. The fourth-order valence-electron chi connectivity index (χ4n) is 5.84. The zero-order valence-corrected chi connectivity index (χ0v) is 21.0. The molecule has 3 atom stereocenters. The third-order valence-electron chi connectivity index (χ3n) is 7.91. The summed E-state index contributed by atoms with van der Waals surface area (Å²) in [5.74, 6) is 0.465. The van der Waals surface area contributed by atoms with Crippen LogP contribution in [0, 0.1) is 12.3 Å². The van der Waals surface area contributed by atoms with E-state index in [9.17, 15) is 5.11 Å². The number of phenolic OH excluding ortho intramolecular Hbond substituents is 1. The van der Waals surface area contributed by atoms with E-state index in [1.54, 1.807) is 0 Å². The third-order valence-corrected chi connectivity index (χ3v) is 7.91. The Morgan fingerprint density at radius 3 is 2.45 bits per heavy atom. The van der Waals surface area contributed by atoms with Crippen molar-refractivity contribution < 1.29 is 9.84 Å². The molecule has 2 aliphatic rings. The highest BCUT2D eigenvalue weighted by Gasteiger charge is 2.56. The van der Waals surface area contributed by atoms with Gasteiger partial charge in [-0.3, -0.25) is 4.90 Å². The number of ether oxygens (including phenoxy) is 1. The first-order valence-corrected chi connectivity index (χ1v) is 11.0. The Hall–Kier alpha value is -1.26. The maximum absolute atomic E-state index is 10.7. The van der Waals surface area contributed by atoms with Crippen LogP contribution in [0.15, 0.2) is 42.5 Å². The van der Waals surface area contributed by atoms with E-state index in [1.165, 1.54) is 22.3 Å².